The molecule has 0 radical (unpaired) electrons. The minimum atomic E-state index is -0.198. The molecule has 2 aromatic heterocycles. The summed E-state index contributed by atoms with van der Waals surface area (Å²) in [7, 11) is 1.88. The van der Waals surface area contributed by atoms with E-state index in [0.29, 0.717) is 5.35 Å². The average Bonchev–Trinajstić information content (AvgIpc) is 3.58. The molecule has 7 heteroatoms. The highest BCUT2D eigenvalue weighted by Crippen LogP contribution is 2.23. The Bertz CT molecular complexity index is 2090. The van der Waals surface area contributed by atoms with Crippen molar-refractivity contribution in [1.82, 2.24) is 9.99 Å². The highest BCUT2D eigenvalue weighted by molar-refractivity contribution is 7.18. The molecule has 216 valence electrons. The van der Waals surface area contributed by atoms with Gasteiger partial charge in [-0.15, -0.1) is 0 Å². The summed E-state index contributed by atoms with van der Waals surface area (Å²) in [6.07, 6.45) is 8.30. The zero-order valence-corrected chi connectivity index (χ0v) is 25.3. The summed E-state index contributed by atoms with van der Waals surface area (Å²) in [5.74, 6) is 0. The summed E-state index contributed by atoms with van der Waals surface area (Å²) in [6, 6.07) is 32.1. The number of hydrogen-bond acceptors (Lipinski definition) is 5. The zero-order valence-electron chi connectivity index (χ0n) is 24.5. The second-order valence-corrected chi connectivity index (χ2v) is 11.8. The Labute approximate surface area is 254 Å². The molecule has 0 fully saturated rings. The molecule has 0 unspecified atom stereocenters. The molecule has 0 aliphatic heterocycles. The number of unbranched alkanes of at least 4 members (excludes halogenated alkanes) is 3. The molecule has 1 N–H and O–H groups in total. The van der Waals surface area contributed by atoms with Crippen LogP contribution in [0.1, 0.15) is 37.6 Å². The maximum absolute atomic E-state index is 13.4. The van der Waals surface area contributed by atoms with Crippen LogP contribution in [-0.4, -0.2) is 4.57 Å². The molecule has 4 aromatic carbocycles. The summed E-state index contributed by atoms with van der Waals surface area (Å²) >= 11 is 1.63. The molecule has 6 rings (SSSR count). The molecule has 0 bridgehead atoms. The van der Waals surface area contributed by atoms with Crippen LogP contribution in [-0.2, 0) is 13.6 Å². The number of rotatable bonds is 10. The smallest absolute Gasteiger partial charge is 0.263 e. The van der Waals surface area contributed by atoms with E-state index >= 15 is 0 Å². The summed E-state index contributed by atoms with van der Waals surface area (Å²) in [6.45, 7) is 3.08. The first-order valence-corrected chi connectivity index (χ1v) is 15.6. The standard InChI is InChI=1S/C36H34N4O2S/c1-3-4-5-14-23-39-30-19-12-13-20-32(30)43-33(39)24-29-35(41)34(36(29)42)31-22-21-28(38(31)2)25-37-40(26-15-8-6-9-16-26)27-17-10-7-11-18-27/h6-13,15-22,24-25H,3-5,14,23H2,1-2H3/p+1. The number of para-hydroxylation sites is 3. The van der Waals surface area contributed by atoms with E-state index in [9.17, 15) is 9.59 Å². The first-order chi connectivity index (χ1) is 21.1. The van der Waals surface area contributed by atoms with Crippen LogP contribution in [0.5, 0.6) is 0 Å². The number of nitrogens with one attached hydrogen (secondary N) is 1. The SMILES string of the molecule is CCCCCC[n+]1c(C=c2c(=O)c(=c3ccc(=CNN(c4ccccc4)c4ccccc4)n3C)c2=O)sc2ccccc21. The predicted molar refractivity (Wildman–Crippen MR) is 176 cm³/mol. The van der Waals surface area contributed by atoms with Gasteiger partial charge in [0.15, 0.2) is 6.54 Å². The van der Waals surface area contributed by atoms with E-state index in [4.69, 9.17) is 0 Å². The number of hydrogen-bond donors (Lipinski definition) is 1. The van der Waals surface area contributed by atoms with Gasteiger partial charge in [-0.1, -0.05) is 79.6 Å². The lowest BCUT2D eigenvalue weighted by Gasteiger charge is -2.24. The third kappa shape index (κ3) is 5.68. The second-order valence-electron chi connectivity index (χ2n) is 10.7. The molecule has 0 saturated heterocycles. The summed E-state index contributed by atoms with van der Waals surface area (Å²) < 4.78 is 5.30. The van der Waals surface area contributed by atoms with E-state index in [1.807, 2.05) is 108 Å². The van der Waals surface area contributed by atoms with Crippen molar-refractivity contribution < 1.29 is 4.57 Å². The normalized spacial score (nSPS) is 11.8. The number of nitrogens with zero attached hydrogens (tertiary/aromatic N) is 3. The van der Waals surface area contributed by atoms with Crippen LogP contribution in [0.4, 0.5) is 11.4 Å². The van der Waals surface area contributed by atoms with Gasteiger partial charge < -0.3 is 4.57 Å². The van der Waals surface area contributed by atoms with Crippen LogP contribution >= 0.6 is 11.3 Å². The van der Waals surface area contributed by atoms with Gasteiger partial charge in [-0.05, 0) is 48.9 Å². The quantitative estimate of drug-likeness (QED) is 0.141. The van der Waals surface area contributed by atoms with Crippen LogP contribution in [0.3, 0.4) is 0 Å². The van der Waals surface area contributed by atoms with E-state index in [1.165, 1.54) is 12.8 Å². The van der Waals surface area contributed by atoms with E-state index in [0.717, 1.165) is 51.3 Å². The summed E-state index contributed by atoms with van der Waals surface area (Å²) in [4.78, 5) is 26.8. The van der Waals surface area contributed by atoms with Crippen molar-refractivity contribution in [2.75, 3.05) is 5.01 Å². The van der Waals surface area contributed by atoms with Crippen LogP contribution in [0.2, 0.25) is 0 Å². The van der Waals surface area contributed by atoms with Gasteiger partial charge in [-0.2, -0.15) is 4.57 Å². The topological polar surface area (TPSA) is 58.2 Å². The Morgan fingerprint density at radius 1 is 0.814 bits per heavy atom. The number of fused-ring (bicyclic) bond motifs is 1. The van der Waals surface area contributed by atoms with Crippen LogP contribution in [0.25, 0.3) is 22.5 Å². The van der Waals surface area contributed by atoms with Crippen molar-refractivity contribution >= 4 is 45.2 Å². The number of anilines is 2. The van der Waals surface area contributed by atoms with Gasteiger partial charge in [0.25, 0.3) is 5.01 Å². The predicted octanol–water partition coefficient (Wildman–Crippen LogP) is 4.90. The van der Waals surface area contributed by atoms with E-state index in [-0.39, 0.29) is 21.3 Å². The summed E-state index contributed by atoms with van der Waals surface area (Å²) in [5.41, 5.74) is 6.12. The fourth-order valence-corrected chi connectivity index (χ4v) is 6.63. The molecule has 0 aliphatic rings. The second kappa shape index (κ2) is 12.6. The van der Waals surface area contributed by atoms with Crippen molar-refractivity contribution in [2.24, 2.45) is 7.05 Å². The maximum atomic E-state index is 13.4. The fourth-order valence-electron chi connectivity index (χ4n) is 5.49. The first-order valence-electron chi connectivity index (χ1n) is 14.8. The highest BCUT2D eigenvalue weighted by Gasteiger charge is 2.20. The third-order valence-electron chi connectivity index (χ3n) is 7.87. The molecular formula is C36H35N4O2S+. The monoisotopic (exact) mass is 587 g/mol. The Kier molecular flexibility index (Phi) is 8.34. The Balaban J connectivity index is 1.38. The molecule has 0 amide bonds. The van der Waals surface area contributed by atoms with Crippen LogP contribution < -0.4 is 36.4 Å². The number of aromatic nitrogens is 2. The Morgan fingerprint density at radius 3 is 2.14 bits per heavy atom. The van der Waals surface area contributed by atoms with Gasteiger partial charge in [0.1, 0.15) is 4.70 Å². The van der Waals surface area contributed by atoms with E-state index < -0.39 is 0 Å². The first kappa shape index (κ1) is 28.4. The van der Waals surface area contributed by atoms with Gasteiger partial charge in [0, 0.05) is 31.8 Å². The van der Waals surface area contributed by atoms with Crippen molar-refractivity contribution in [3.05, 3.63) is 144 Å². The van der Waals surface area contributed by atoms with Crippen molar-refractivity contribution in [3.8, 4) is 0 Å². The van der Waals surface area contributed by atoms with Crippen LogP contribution in [0.15, 0.2) is 107 Å². The van der Waals surface area contributed by atoms with Crippen molar-refractivity contribution in [3.63, 3.8) is 0 Å². The van der Waals surface area contributed by atoms with Gasteiger partial charge >= 0.3 is 0 Å². The molecule has 6 nitrogen and oxygen atoms in total. The molecule has 43 heavy (non-hydrogen) atoms. The third-order valence-corrected chi connectivity index (χ3v) is 8.98. The lowest BCUT2D eigenvalue weighted by atomic mass is 10.1. The van der Waals surface area contributed by atoms with Gasteiger partial charge in [0.2, 0.25) is 16.4 Å². The molecule has 6 aromatic rings. The minimum Gasteiger partial charge on any atom is -0.343 e. The lowest BCUT2D eigenvalue weighted by Crippen LogP contribution is -2.51. The van der Waals surface area contributed by atoms with Gasteiger partial charge in [-0.25, -0.2) is 0 Å². The molecule has 2 heterocycles. The largest absolute Gasteiger partial charge is 0.343 e. The molecule has 0 saturated carbocycles. The van der Waals surface area contributed by atoms with Crippen molar-refractivity contribution in [1.29, 1.82) is 0 Å². The zero-order chi connectivity index (χ0) is 29.8. The van der Waals surface area contributed by atoms with Gasteiger partial charge in [0.05, 0.1) is 32.5 Å². The highest BCUT2D eigenvalue weighted by atomic mass is 32.1. The van der Waals surface area contributed by atoms with E-state index in [1.54, 1.807) is 17.4 Å². The maximum Gasteiger partial charge on any atom is 0.263 e. The fraction of sp³-hybridized carbons (Fsp3) is 0.194. The number of thiazole rings is 1. The Morgan fingerprint density at radius 2 is 1.47 bits per heavy atom. The molecule has 0 atom stereocenters. The van der Waals surface area contributed by atoms with Crippen molar-refractivity contribution in [2.45, 2.75) is 39.2 Å². The average molecular weight is 588 g/mol. The van der Waals surface area contributed by atoms with Crippen LogP contribution in [0, 0.1) is 10.6 Å². The molecular weight excluding hydrogens is 552 g/mol. The molecule has 0 spiro atoms. The lowest BCUT2D eigenvalue weighted by molar-refractivity contribution is -0.669. The summed E-state index contributed by atoms with van der Waals surface area (Å²) in [5, 5.41) is 4.89. The number of benzene rings is 3. The minimum absolute atomic E-state index is 0.198. The molecule has 0 aliphatic carbocycles. The number of hydrazine groups is 1. The van der Waals surface area contributed by atoms with E-state index in [2.05, 4.69) is 29.0 Å². The van der Waals surface area contributed by atoms with Gasteiger partial charge in [-0.3, -0.25) is 20.0 Å². The number of aryl methyl sites for hydroxylation is 1. The Hall–Kier alpha value is -4.75.